The summed E-state index contributed by atoms with van der Waals surface area (Å²) in [4.78, 5) is 19.4. The Bertz CT molecular complexity index is 1390. The molecule has 0 spiro atoms. The Hall–Kier alpha value is -4.04. The molecule has 0 unspecified atom stereocenters. The smallest absolute Gasteiger partial charge is 0.226 e. The molecule has 2 aromatic heterocycles. The van der Waals surface area contributed by atoms with Crippen LogP contribution in [-0.2, 0) is 4.79 Å². The lowest BCUT2D eigenvalue weighted by molar-refractivity contribution is -0.116. The lowest BCUT2D eigenvalue weighted by atomic mass is 10.0. The largest absolute Gasteiger partial charge is 0.352 e. The van der Waals surface area contributed by atoms with Gasteiger partial charge in [0.2, 0.25) is 5.91 Å². The van der Waals surface area contributed by atoms with Crippen molar-refractivity contribution in [2.75, 3.05) is 11.9 Å². The van der Waals surface area contributed by atoms with Crippen molar-refractivity contribution in [3.63, 3.8) is 0 Å². The van der Waals surface area contributed by atoms with Gasteiger partial charge in [-0.2, -0.15) is 0 Å². The fraction of sp³-hybridized carbons (Fsp3) is 0.179. The van der Waals surface area contributed by atoms with Crippen LogP contribution < -0.4 is 10.6 Å². The molecule has 0 radical (unpaired) electrons. The van der Waals surface area contributed by atoms with Crippen LogP contribution in [0.3, 0.4) is 0 Å². The maximum absolute atomic E-state index is 14.8. The monoisotopic (exact) mass is 499 g/mol. The minimum Gasteiger partial charge on any atom is -0.352 e. The number of thiocarbonyl (C=S) groups is 1. The fourth-order valence-corrected chi connectivity index (χ4v) is 4.95. The van der Waals surface area contributed by atoms with Crippen LogP contribution in [0, 0.1) is 12.7 Å². The van der Waals surface area contributed by atoms with Gasteiger partial charge >= 0.3 is 0 Å². The first-order valence-electron chi connectivity index (χ1n) is 11.8. The highest BCUT2D eigenvalue weighted by Crippen LogP contribution is 2.39. The van der Waals surface area contributed by atoms with Gasteiger partial charge in [0, 0.05) is 36.7 Å². The van der Waals surface area contributed by atoms with E-state index in [0.29, 0.717) is 17.3 Å². The number of nitrogens with one attached hydrogen (secondary N) is 2. The van der Waals surface area contributed by atoms with Gasteiger partial charge in [-0.1, -0.05) is 36.4 Å². The van der Waals surface area contributed by atoms with Crippen LogP contribution in [0.2, 0.25) is 0 Å². The minimum absolute atomic E-state index is 0.100. The standard InChI is InChI=1S/C28H26FN5OS/c1-19-9-2-4-11-21(19)31-25(35)15-18-34-27(26(32-28(34)36)22-12-6-7-16-30-22)24-14-8-17-33(24)23-13-5-3-10-20(23)29/h2-14,16-17,26-27H,15,18H2,1H3,(H,31,35)(H,32,36)/t26-,27+/m0/s1. The van der Waals surface area contributed by atoms with E-state index in [1.807, 2.05) is 83.3 Å². The average Bonchev–Trinajstić information content (AvgIpc) is 3.49. The van der Waals surface area contributed by atoms with E-state index >= 15 is 0 Å². The van der Waals surface area contributed by atoms with Crippen molar-refractivity contribution in [3.8, 4) is 5.69 Å². The molecule has 1 saturated heterocycles. The SMILES string of the molecule is Cc1ccccc1NC(=O)CCN1C(=S)N[C@@H](c2ccccn2)[C@H]1c1cccn1-c1ccccc1F. The molecule has 1 amide bonds. The fourth-order valence-electron chi connectivity index (χ4n) is 4.62. The highest BCUT2D eigenvalue weighted by molar-refractivity contribution is 7.80. The maximum Gasteiger partial charge on any atom is 0.226 e. The zero-order chi connectivity index (χ0) is 25.1. The lowest BCUT2D eigenvalue weighted by Gasteiger charge is -2.29. The van der Waals surface area contributed by atoms with E-state index in [9.17, 15) is 9.18 Å². The number of aromatic nitrogens is 2. The van der Waals surface area contributed by atoms with Crippen molar-refractivity contribution in [2.45, 2.75) is 25.4 Å². The Balaban J connectivity index is 1.46. The summed E-state index contributed by atoms with van der Waals surface area (Å²) < 4.78 is 16.6. The summed E-state index contributed by atoms with van der Waals surface area (Å²) in [6.07, 6.45) is 3.82. The second kappa shape index (κ2) is 10.3. The Labute approximate surface area is 214 Å². The molecule has 0 bridgehead atoms. The van der Waals surface area contributed by atoms with Gasteiger partial charge in [0.05, 0.1) is 23.5 Å². The van der Waals surface area contributed by atoms with Crippen LogP contribution in [0.25, 0.3) is 5.69 Å². The van der Waals surface area contributed by atoms with Gasteiger partial charge in [-0.05, 0) is 67.2 Å². The predicted molar refractivity (Wildman–Crippen MR) is 142 cm³/mol. The Morgan fingerprint density at radius 2 is 1.83 bits per heavy atom. The van der Waals surface area contributed by atoms with E-state index in [0.717, 1.165) is 22.6 Å². The van der Waals surface area contributed by atoms with E-state index in [1.54, 1.807) is 18.3 Å². The molecule has 5 rings (SSSR count). The number of hydrogen-bond acceptors (Lipinski definition) is 3. The Kier molecular flexibility index (Phi) is 6.77. The number of hydrogen-bond donors (Lipinski definition) is 2. The van der Waals surface area contributed by atoms with Crippen molar-refractivity contribution in [1.82, 2.24) is 19.8 Å². The van der Waals surface area contributed by atoms with E-state index in [4.69, 9.17) is 12.2 Å². The third kappa shape index (κ3) is 4.72. The second-order valence-corrected chi connectivity index (χ2v) is 9.07. The first-order chi connectivity index (χ1) is 17.5. The number of amides is 1. The number of pyridine rings is 1. The number of anilines is 1. The molecule has 1 aliphatic heterocycles. The topological polar surface area (TPSA) is 62.2 Å². The van der Waals surface area contributed by atoms with E-state index in [2.05, 4.69) is 15.6 Å². The number of nitrogens with zero attached hydrogens (tertiary/aromatic N) is 3. The third-order valence-corrected chi connectivity index (χ3v) is 6.74. The lowest BCUT2D eigenvalue weighted by Crippen LogP contribution is -2.33. The molecule has 0 saturated carbocycles. The molecule has 3 heterocycles. The molecule has 1 fully saturated rings. The molecule has 6 nitrogen and oxygen atoms in total. The van der Waals surface area contributed by atoms with Crippen molar-refractivity contribution in [2.24, 2.45) is 0 Å². The third-order valence-electron chi connectivity index (χ3n) is 6.39. The number of aryl methyl sites for hydroxylation is 1. The van der Waals surface area contributed by atoms with E-state index < -0.39 is 0 Å². The molecule has 4 aromatic rings. The number of para-hydroxylation sites is 2. The molecule has 1 aliphatic rings. The predicted octanol–water partition coefficient (Wildman–Crippen LogP) is 5.32. The molecule has 8 heteroatoms. The number of halogens is 1. The summed E-state index contributed by atoms with van der Waals surface area (Å²) in [6, 6.07) is 23.4. The van der Waals surface area contributed by atoms with Gasteiger partial charge < -0.3 is 20.1 Å². The molecule has 2 aromatic carbocycles. The van der Waals surface area contributed by atoms with Crippen LogP contribution in [0.15, 0.2) is 91.3 Å². The quantitative estimate of drug-likeness (QED) is 0.337. The average molecular weight is 500 g/mol. The van der Waals surface area contributed by atoms with Crippen LogP contribution in [-0.4, -0.2) is 32.0 Å². The molecule has 2 N–H and O–H groups in total. The first kappa shape index (κ1) is 23.7. The highest BCUT2D eigenvalue weighted by Gasteiger charge is 2.41. The highest BCUT2D eigenvalue weighted by atomic mass is 32.1. The van der Waals surface area contributed by atoms with Crippen LogP contribution >= 0.6 is 12.2 Å². The zero-order valence-electron chi connectivity index (χ0n) is 19.8. The van der Waals surface area contributed by atoms with E-state index in [-0.39, 0.29) is 30.2 Å². The van der Waals surface area contributed by atoms with Gasteiger partial charge in [-0.3, -0.25) is 9.78 Å². The van der Waals surface area contributed by atoms with Gasteiger partial charge in [-0.25, -0.2) is 4.39 Å². The normalized spacial score (nSPS) is 17.2. The molecule has 0 aliphatic carbocycles. The van der Waals surface area contributed by atoms with E-state index in [1.165, 1.54) is 6.07 Å². The molecular formula is C28H26FN5OS. The first-order valence-corrected chi connectivity index (χ1v) is 12.2. The molecule has 36 heavy (non-hydrogen) atoms. The van der Waals surface area contributed by atoms with Gasteiger partial charge in [0.25, 0.3) is 0 Å². The maximum atomic E-state index is 14.8. The minimum atomic E-state index is -0.318. The van der Waals surface area contributed by atoms with Crippen LogP contribution in [0.5, 0.6) is 0 Å². The number of carbonyl (C=O) groups excluding carboxylic acids is 1. The number of benzene rings is 2. The summed E-state index contributed by atoms with van der Waals surface area (Å²) in [5.41, 5.74) is 3.91. The van der Waals surface area contributed by atoms with Gasteiger partial charge in [-0.15, -0.1) is 0 Å². The van der Waals surface area contributed by atoms with Gasteiger partial charge in [0.1, 0.15) is 5.82 Å². The van der Waals surface area contributed by atoms with Crippen molar-refractivity contribution in [1.29, 1.82) is 0 Å². The Morgan fingerprint density at radius 3 is 2.61 bits per heavy atom. The van der Waals surface area contributed by atoms with Gasteiger partial charge in [0.15, 0.2) is 5.11 Å². The van der Waals surface area contributed by atoms with Crippen molar-refractivity contribution in [3.05, 3.63) is 114 Å². The van der Waals surface area contributed by atoms with Crippen LogP contribution in [0.1, 0.15) is 35.5 Å². The molecule has 182 valence electrons. The van der Waals surface area contributed by atoms with Crippen LogP contribution in [0.4, 0.5) is 10.1 Å². The van der Waals surface area contributed by atoms with Crippen molar-refractivity contribution < 1.29 is 9.18 Å². The number of carbonyl (C=O) groups is 1. The summed E-state index contributed by atoms with van der Waals surface area (Å²) in [6.45, 7) is 2.35. The summed E-state index contributed by atoms with van der Waals surface area (Å²) in [5.74, 6) is -0.418. The second-order valence-electron chi connectivity index (χ2n) is 8.69. The van der Waals surface area contributed by atoms with Crippen molar-refractivity contribution >= 4 is 28.9 Å². The molecule has 2 atom stereocenters. The summed E-state index contributed by atoms with van der Waals surface area (Å²) in [5, 5.41) is 6.91. The molecular weight excluding hydrogens is 473 g/mol. The number of rotatable bonds is 7. The summed E-state index contributed by atoms with van der Waals surface area (Å²) >= 11 is 5.73. The zero-order valence-corrected chi connectivity index (χ0v) is 20.6. The summed E-state index contributed by atoms with van der Waals surface area (Å²) in [7, 11) is 0. The Morgan fingerprint density at radius 1 is 1.06 bits per heavy atom.